The van der Waals surface area contributed by atoms with E-state index in [1.54, 1.807) is 26.2 Å². The molecule has 0 radical (unpaired) electrons. The minimum Gasteiger partial charge on any atom is -0.481 e. The van der Waals surface area contributed by atoms with Gasteiger partial charge in [-0.05, 0) is 95.2 Å². The SMILES string of the molecule is CSCC[C@H](NC(=O)[C@H](CCC(N)=O)NC(=O)[C@H](CCCCN)NC(=O)[C@H](CO)NC(=O)[C@H](CC(C)C)NC(=O)[C@H](CC(=O)O)NC(=O)[C@H](CO)NC(=O)[C@@H](NC(=O)[C@H](Cc1ccccc1)NC(=O)[C@@H](NC(=O)CNC(=O)[C@H](CC(=O)O)NC(=O)[C@H](CO)NC(=O)[C@@H](N)Cc1c[nH]cn1)[C@@H](C)O)[C@@H](C)O)C(=O)N[C@@H](CCC(=O)O)C(=O)N[C@@H](CCC(=O)O)C(=O)O. The largest absolute Gasteiger partial charge is 0.481 e. The molecule has 52 heteroatoms. The van der Waals surface area contributed by atoms with Crippen molar-refractivity contribution in [3.8, 4) is 0 Å². The van der Waals surface area contributed by atoms with E-state index in [4.69, 9.17) is 22.3 Å². The van der Waals surface area contributed by atoms with Crippen molar-refractivity contribution < 1.29 is 152 Å². The summed E-state index contributed by atoms with van der Waals surface area (Å²) in [4.78, 5) is 285. The number of carboxylic acid groups (broad SMARTS) is 5. The van der Waals surface area contributed by atoms with E-state index in [9.17, 15) is 147 Å². The van der Waals surface area contributed by atoms with Gasteiger partial charge in [0.2, 0.25) is 94.5 Å². The maximum atomic E-state index is 14.3. The van der Waals surface area contributed by atoms with Gasteiger partial charge >= 0.3 is 29.8 Å². The number of aliphatic carboxylic acids is 5. The molecule has 32 N–H and O–H groups in total. The third kappa shape index (κ3) is 41.2. The van der Waals surface area contributed by atoms with Crippen LogP contribution in [0, 0.1) is 5.92 Å². The Morgan fingerprint density at radius 1 is 0.421 bits per heavy atom. The van der Waals surface area contributed by atoms with Gasteiger partial charge in [-0.15, -0.1) is 0 Å². The molecule has 1 aromatic heterocycles. The first-order valence-electron chi connectivity index (χ1n) is 39.4. The Hall–Kier alpha value is -12.6. The summed E-state index contributed by atoms with van der Waals surface area (Å²) in [5.74, 6) is -28.3. The predicted octanol–water partition coefficient (Wildman–Crippen LogP) is -11.9. The van der Waals surface area contributed by atoms with Gasteiger partial charge in [-0.25, -0.2) is 9.78 Å². The zero-order chi connectivity index (χ0) is 95.2. The lowest BCUT2D eigenvalue weighted by molar-refractivity contribution is -0.144. The fourth-order valence-electron chi connectivity index (χ4n) is 11.5. The van der Waals surface area contributed by atoms with Crippen molar-refractivity contribution in [2.45, 2.75) is 227 Å². The molecule has 0 spiro atoms. The van der Waals surface area contributed by atoms with Crippen LogP contribution in [0.25, 0.3) is 0 Å². The maximum Gasteiger partial charge on any atom is 0.326 e. The molecule has 0 fully saturated rings. The first-order valence-corrected chi connectivity index (χ1v) is 40.7. The highest BCUT2D eigenvalue weighted by atomic mass is 32.2. The fraction of sp³-hybridized carbons (Fsp3) is 0.595. The van der Waals surface area contributed by atoms with Crippen LogP contribution >= 0.6 is 11.8 Å². The first-order chi connectivity index (χ1) is 59.3. The second-order valence-electron chi connectivity index (χ2n) is 29.2. The number of rotatable bonds is 62. The van der Waals surface area contributed by atoms with Crippen LogP contribution in [-0.4, -0.2) is 333 Å². The smallest absolute Gasteiger partial charge is 0.326 e. The quantitative estimate of drug-likeness (QED) is 0.0274. The van der Waals surface area contributed by atoms with Crippen LogP contribution in [0.4, 0.5) is 0 Å². The summed E-state index contributed by atoms with van der Waals surface area (Å²) in [5, 5.41) is 133. The van der Waals surface area contributed by atoms with Crippen molar-refractivity contribution in [2.75, 3.05) is 44.9 Å². The highest BCUT2D eigenvalue weighted by Crippen LogP contribution is 2.14. The summed E-state index contributed by atoms with van der Waals surface area (Å²) in [6.07, 6.45) is -6.76. The van der Waals surface area contributed by atoms with Crippen LogP contribution in [0.1, 0.15) is 122 Å². The number of hydrogen-bond donors (Lipinski definition) is 29. The molecule has 0 aliphatic carbocycles. The van der Waals surface area contributed by atoms with Gasteiger partial charge in [-0.1, -0.05) is 44.2 Å². The van der Waals surface area contributed by atoms with Gasteiger partial charge in [0.15, 0.2) is 0 Å². The van der Waals surface area contributed by atoms with E-state index in [1.165, 1.54) is 48.6 Å². The standard InChI is InChI=1S/C74H114N20O31S/c1-34(2)23-45(66(116)91-50(31-96)69(119)81-40(13-9-10-21-75)62(112)82-41(14-17-52(77)100)63(113)84-43(20-22-126-5)65(115)83-42(15-18-54(102)103)64(114)85-44(74(124)125)16-19-55(104)105)86-67(117)48(27-57(108)109)88-71(121)51(32-97)92-73(123)59(36(4)99)94-68(118)46(24-37-11-7-6-8-12-37)89-72(122)58(35(3)98)93-53(101)29-79-61(111)47(26-56(106)107)87-70(120)49(30-95)90-60(110)39(76)25-38-28-78-33-80-38/h6-8,11-12,28,33-36,39-51,58-59,95-99H,9-10,13-27,29-32,75-76H2,1-5H3,(H2,77,100)(H,78,80)(H,79,111)(H,81,119)(H,82,112)(H,83,115)(H,84,113)(H,85,114)(H,86,117)(H,87,120)(H,88,121)(H,89,122)(H,90,110)(H,91,116)(H,92,123)(H,93,101)(H,94,118)(H,102,103)(H,104,105)(H,106,107)(H,108,109)(H,124,125)/t35-,36-,39+,40+,41+,42+,43+,44+,45+,46+,47+,48+,49+,50+,51+,58+,59+/m1/s1. The Morgan fingerprint density at radius 3 is 1.23 bits per heavy atom. The Morgan fingerprint density at radius 2 is 0.802 bits per heavy atom. The second-order valence-corrected chi connectivity index (χ2v) is 30.2. The first kappa shape index (κ1) is 109. The molecule has 16 amide bonds. The number of amides is 16. The van der Waals surface area contributed by atoms with E-state index >= 15 is 0 Å². The number of unbranched alkanes of at least 4 members (excludes halogenated alkanes) is 1. The molecule has 0 bridgehead atoms. The molecule has 2 aromatic rings. The van der Waals surface area contributed by atoms with Crippen LogP contribution in [0.2, 0.25) is 0 Å². The Balaban J connectivity index is 2.40. The van der Waals surface area contributed by atoms with Crippen molar-refractivity contribution >= 4 is 136 Å². The van der Waals surface area contributed by atoms with Gasteiger partial charge in [0.05, 0.1) is 69.5 Å². The van der Waals surface area contributed by atoms with Gasteiger partial charge in [-0.2, -0.15) is 11.8 Å². The highest BCUT2D eigenvalue weighted by Gasteiger charge is 2.40. The summed E-state index contributed by atoms with van der Waals surface area (Å²) in [5.41, 5.74) is 17.7. The number of H-pyrrole nitrogens is 1. The number of carboxylic acids is 5. The van der Waals surface area contributed by atoms with E-state index in [0.717, 1.165) is 13.8 Å². The number of benzene rings is 1. The lowest BCUT2D eigenvalue weighted by atomic mass is 10.0. The number of hydrogen-bond acceptors (Lipinski definition) is 30. The van der Waals surface area contributed by atoms with Gasteiger partial charge in [-0.3, -0.25) is 95.9 Å². The summed E-state index contributed by atoms with van der Waals surface area (Å²) in [6.45, 7) is 0.395. The Labute approximate surface area is 723 Å². The molecule has 0 aliphatic rings. The molecular weight excluding hydrogens is 1700 g/mol. The number of nitrogens with one attached hydrogen (secondary N) is 16. The summed E-state index contributed by atoms with van der Waals surface area (Å²) in [6, 6.07) is -20.2. The number of aromatic amines is 1. The minimum atomic E-state index is -2.19. The normalized spacial score (nSPS) is 15.1. The number of carbonyl (C=O) groups is 21. The second kappa shape index (κ2) is 57.0. The third-order valence-corrected chi connectivity index (χ3v) is 18.9. The maximum absolute atomic E-state index is 14.3. The van der Waals surface area contributed by atoms with Gasteiger partial charge < -0.3 is 153 Å². The number of imidazole rings is 1. The zero-order valence-corrected chi connectivity index (χ0v) is 70.2. The molecule has 1 aromatic carbocycles. The van der Waals surface area contributed by atoms with Crippen LogP contribution in [0.5, 0.6) is 0 Å². The number of primary amides is 1. The zero-order valence-electron chi connectivity index (χ0n) is 69.4. The number of nitrogens with zero attached hydrogens (tertiary/aromatic N) is 1. The average molecular weight is 1810 g/mol. The molecule has 0 unspecified atom stereocenters. The Kier molecular flexibility index (Phi) is 49.5. The Bertz CT molecular complexity index is 4050. The fourth-order valence-corrected chi connectivity index (χ4v) is 12.0. The molecule has 0 saturated heterocycles. The molecule has 17 atom stereocenters. The number of aliphatic hydroxyl groups excluding tert-OH is 5. The van der Waals surface area contributed by atoms with E-state index in [0.29, 0.717) is 11.3 Å². The van der Waals surface area contributed by atoms with Crippen molar-refractivity contribution in [3.05, 3.63) is 54.1 Å². The number of nitrogens with two attached hydrogens (primary N) is 3. The summed E-state index contributed by atoms with van der Waals surface area (Å²) in [7, 11) is 0. The average Bonchev–Trinajstić information content (AvgIpc) is 0.867. The highest BCUT2D eigenvalue weighted by molar-refractivity contribution is 7.98. The van der Waals surface area contributed by atoms with Crippen LogP contribution in [0.3, 0.4) is 0 Å². The van der Waals surface area contributed by atoms with Crippen molar-refractivity contribution in [2.24, 2.45) is 23.1 Å². The van der Waals surface area contributed by atoms with E-state index in [-0.39, 0.29) is 50.8 Å². The molecule has 0 aliphatic heterocycles. The monoisotopic (exact) mass is 1810 g/mol. The van der Waals surface area contributed by atoms with Crippen molar-refractivity contribution in [3.63, 3.8) is 0 Å². The number of aliphatic hydroxyl groups is 5. The molecule has 2 rings (SSSR count). The van der Waals surface area contributed by atoms with Crippen molar-refractivity contribution in [1.29, 1.82) is 0 Å². The van der Waals surface area contributed by atoms with Crippen LogP contribution in [0.15, 0.2) is 42.9 Å². The van der Waals surface area contributed by atoms with E-state index in [2.05, 4.69) is 68.5 Å². The molecule has 1 heterocycles. The number of thioether (sulfide) groups is 1. The number of aromatic nitrogens is 2. The van der Waals surface area contributed by atoms with Gasteiger partial charge in [0.1, 0.15) is 84.6 Å². The van der Waals surface area contributed by atoms with E-state index < -0.39 is 317 Å². The number of carbonyl (C=O) groups excluding carboxylic acids is 16. The predicted molar refractivity (Wildman–Crippen MR) is 435 cm³/mol. The summed E-state index contributed by atoms with van der Waals surface area (Å²) >= 11 is 1.17. The van der Waals surface area contributed by atoms with Gasteiger partial charge in [0.25, 0.3) is 0 Å². The van der Waals surface area contributed by atoms with Gasteiger partial charge in [0, 0.05) is 38.3 Å². The van der Waals surface area contributed by atoms with E-state index in [1.807, 2.05) is 21.3 Å². The molecule has 126 heavy (non-hydrogen) atoms. The molecule has 51 nitrogen and oxygen atoms in total. The third-order valence-electron chi connectivity index (χ3n) is 18.3. The molecule has 0 saturated carbocycles. The minimum absolute atomic E-state index is 0.0459. The lowest BCUT2D eigenvalue weighted by Gasteiger charge is -2.29. The van der Waals surface area contributed by atoms with Crippen LogP contribution in [-0.2, 0) is 114 Å². The molecule has 702 valence electrons. The van der Waals surface area contributed by atoms with Crippen molar-refractivity contribution in [1.82, 2.24) is 89.7 Å². The van der Waals surface area contributed by atoms with Crippen LogP contribution < -0.4 is 97.0 Å². The molecular formula is C74H114N20O31S. The summed E-state index contributed by atoms with van der Waals surface area (Å²) < 4.78 is 0. The lowest BCUT2D eigenvalue weighted by Crippen LogP contribution is -2.63. The topological polar surface area (TPSA) is 848 Å².